The summed E-state index contributed by atoms with van der Waals surface area (Å²) in [6.07, 6.45) is 17.9. The van der Waals surface area contributed by atoms with E-state index in [1.807, 2.05) is 30.6 Å². The summed E-state index contributed by atoms with van der Waals surface area (Å²) in [5.41, 5.74) is 7.81. The molecule has 1 aliphatic carbocycles. The van der Waals surface area contributed by atoms with Crippen molar-refractivity contribution in [2.24, 2.45) is 5.92 Å². The van der Waals surface area contributed by atoms with Gasteiger partial charge in [0.05, 0.1) is 35.0 Å². The average Bonchev–Trinajstić information content (AvgIpc) is 3.62. The fourth-order valence-electron chi connectivity index (χ4n) is 5.49. The van der Waals surface area contributed by atoms with Crippen molar-refractivity contribution in [3.8, 4) is 33.6 Å². The van der Waals surface area contributed by atoms with Crippen molar-refractivity contribution in [2.45, 2.75) is 32.1 Å². The van der Waals surface area contributed by atoms with Gasteiger partial charge in [-0.2, -0.15) is 5.10 Å². The second kappa shape index (κ2) is 9.75. The molecule has 1 amide bonds. The zero-order valence-corrected chi connectivity index (χ0v) is 21.2. The number of aromatic amines is 2. The molecule has 6 heterocycles. The van der Waals surface area contributed by atoms with Gasteiger partial charge in [-0.15, -0.1) is 0 Å². The molecule has 9 nitrogen and oxygen atoms in total. The Morgan fingerprint density at radius 1 is 0.821 bits per heavy atom. The predicted molar refractivity (Wildman–Crippen MR) is 151 cm³/mol. The third-order valence-electron chi connectivity index (χ3n) is 7.53. The highest BCUT2D eigenvalue weighted by Crippen LogP contribution is 2.34. The van der Waals surface area contributed by atoms with E-state index in [0.717, 1.165) is 75.6 Å². The van der Waals surface area contributed by atoms with Gasteiger partial charge in [0.25, 0.3) is 0 Å². The highest BCUT2D eigenvalue weighted by atomic mass is 16.1. The number of carbonyl (C=O) groups excluding carboxylic acids is 1. The van der Waals surface area contributed by atoms with E-state index in [4.69, 9.17) is 0 Å². The summed E-state index contributed by atoms with van der Waals surface area (Å²) in [5, 5.41) is 12.6. The molecule has 0 spiro atoms. The summed E-state index contributed by atoms with van der Waals surface area (Å²) >= 11 is 0. The lowest BCUT2D eigenvalue weighted by atomic mass is 9.88. The molecule has 0 unspecified atom stereocenters. The summed E-state index contributed by atoms with van der Waals surface area (Å²) in [5.74, 6) is 0.165. The number of hydrogen-bond donors (Lipinski definition) is 3. The van der Waals surface area contributed by atoms with E-state index >= 15 is 0 Å². The first kappa shape index (κ1) is 23.2. The smallest absolute Gasteiger partial charge is 0.227 e. The number of rotatable bonds is 5. The summed E-state index contributed by atoms with van der Waals surface area (Å²) < 4.78 is 0. The number of pyridine rings is 4. The predicted octanol–water partition coefficient (Wildman–Crippen LogP) is 6.14. The lowest BCUT2D eigenvalue weighted by molar-refractivity contribution is -0.120. The Morgan fingerprint density at radius 2 is 1.64 bits per heavy atom. The Hall–Kier alpha value is -4.92. The van der Waals surface area contributed by atoms with E-state index in [0.29, 0.717) is 11.3 Å². The molecule has 192 valence electrons. The fourth-order valence-corrected chi connectivity index (χ4v) is 5.49. The molecular formula is C30H26N8O. The van der Waals surface area contributed by atoms with E-state index in [1.165, 1.54) is 6.42 Å². The number of aromatic nitrogens is 7. The van der Waals surface area contributed by atoms with E-state index in [9.17, 15) is 4.79 Å². The Morgan fingerprint density at radius 3 is 2.51 bits per heavy atom. The van der Waals surface area contributed by atoms with Crippen molar-refractivity contribution in [3.63, 3.8) is 0 Å². The maximum absolute atomic E-state index is 12.8. The number of nitrogens with zero attached hydrogens (tertiary/aromatic N) is 5. The van der Waals surface area contributed by atoms with Gasteiger partial charge in [-0.05, 0) is 48.7 Å². The first-order valence-electron chi connectivity index (χ1n) is 13.2. The van der Waals surface area contributed by atoms with Crippen LogP contribution < -0.4 is 5.32 Å². The van der Waals surface area contributed by atoms with Crippen LogP contribution in [0.1, 0.15) is 32.1 Å². The topological polar surface area (TPSA) is 125 Å². The van der Waals surface area contributed by atoms with Crippen LogP contribution in [0.2, 0.25) is 0 Å². The van der Waals surface area contributed by atoms with Crippen LogP contribution in [0.5, 0.6) is 0 Å². The Bertz CT molecular complexity index is 1800. The van der Waals surface area contributed by atoms with Crippen molar-refractivity contribution in [1.82, 2.24) is 35.1 Å². The first-order valence-corrected chi connectivity index (χ1v) is 13.2. The largest absolute Gasteiger partial charge is 0.352 e. The molecule has 7 rings (SSSR count). The molecule has 0 saturated heterocycles. The van der Waals surface area contributed by atoms with E-state index < -0.39 is 0 Å². The zero-order chi connectivity index (χ0) is 26.2. The summed E-state index contributed by atoms with van der Waals surface area (Å²) in [6.45, 7) is 0. The van der Waals surface area contributed by atoms with E-state index in [-0.39, 0.29) is 11.8 Å². The second-order valence-electron chi connectivity index (χ2n) is 10.0. The second-order valence-corrected chi connectivity index (χ2v) is 10.0. The highest BCUT2D eigenvalue weighted by Gasteiger charge is 2.21. The van der Waals surface area contributed by atoms with Gasteiger partial charge in [0.1, 0.15) is 0 Å². The SMILES string of the molecule is O=C(Nc1cncc(-c2cnc3n[nH]c(-c4cc5c(-c6ccncc6)cncc5[nH]4)c3c2)c1)C1CCCCC1. The number of amides is 1. The number of hydrogen-bond acceptors (Lipinski definition) is 6. The minimum Gasteiger partial charge on any atom is -0.352 e. The lowest BCUT2D eigenvalue weighted by Gasteiger charge is -2.20. The minimum atomic E-state index is 0.0822. The third kappa shape index (κ3) is 4.41. The molecule has 0 bridgehead atoms. The van der Waals surface area contributed by atoms with Gasteiger partial charge >= 0.3 is 0 Å². The standard InChI is InChI=1S/C30H26N8O/c39-30(19-4-2-1-3-5-19)35-22-10-20(13-32-15-22)21-11-24-28(37-38-29(24)34-14-21)26-12-23-25(16-33-17-27(23)36-26)18-6-8-31-9-7-18/h6-17,19,36H,1-5H2,(H,35,39)(H,34,37,38). The van der Waals surface area contributed by atoms with Crippen LogP contribution in [-0.4, -0.2) is 41.0 Å². The van der Waals surface area contributed by atoms with Crippen molar-refractivity contribution in [3.05, 3.63) is 73.7 Å². The third-order valence-corrected chi connectivity index (χ3v) is 7.53. The van der Waals surface area contributed by atoms with Gasteiger partial charge in [-0.25, -0.2) is 4.98 Å². The van der Waals surface area contributed by atoms with Gasteiger partial charge in [0, 0.05) is 64.4 Å². The van der Waals surface area contributed by atoms with Crippen LogP contribution in [0.4, 0.5) is 5.69 Å². The molecular weight excluding hydrogens is 488 g/mol. The average molecular weight is 515 g/mol. The number of fused-ring (bicyclic) bond motifs is 2. The Kier molecular flexibility index (Phi) is 5.81. The molecule has 1 fully saturated rings. The summed E-state index contributed by atoms with van der Waals surface area (Å²) in [4.78, 5) is 33.8. The van der Waals surface area contributed by atoms with Gasteiger partial charge < -0.3 is 10.3 Å². The van der Waals surface area contributed by atoms with Crippen LogP contribution in [0, 0.1) is 5.92 Å². The fraction of sp³-hybridized carbons (Fsp3) is 0.200. The Labute approximate surface area is 224 Å². The van der Waals surface area contributed by atoms with E-state index in [1.54, 1.807) is 31.0 Å². The lowest BCUT2D eigenvalue weighted by Crippen LogP contribution is -2.24. The molecule has 0 radical (unpaired) electrons. The molecule has 3 N–H and O–H groups in total. The number of H-pyrrole nitrogens is 2. The van der Waals surface area contributed by atoms with Crippen LogP contribution in [0.3, 0.4) is 0 Å². The van der Waals surface area contributed by atoms with Gasteiger partial charge in [0.15, 0.2) is 5.65 Å². The van der Waals surface area contributed by atoms with Crippen molar-refractivity contribution < 1.29 is 4.79 Å². The zero-order valence-electron chi connectivity index (χ0n) is 21.2. The normalized spacial score (nSPS) is 14.2. The maximum atomic E-state index is 12.8. The maximum Gasteiger partial charge on any atom is 0.227 e. The molecule has 39 heavy (non-hydrogen) atoms. The van der Waals surface area contributed by atoms with E-state index in [2.05, 4.69) is 52.6 Å². The molecule has 6 aromatic heterocycles. The van der Waals surface area contributed by atoms with Crippen LogP contribution in [0.25, 0.3) is 55.6 Å². The number of anilines is 1. The summed E-state index contributed by atoms with van der Waals surface area (Å²) in [7, 11) is 0. The molecule has 1 saturated carbocycles. The van der Waals surface area contributed by atoms with Crippen molar-refractivity contribution >= 4 is 33.5 Å². The molecule has 1 aliphatic rings. The highest BCUT2D eigenvalue weighted by molar-refractivity contribution is 6.00. The molecule has 0 aromatic carbocycles. The molecule has 9 heteroatoms. The van der Waals surface area contributed by atoms with Crippen LogP contribution >= 0.6 is 0 Å². The molecule has 0 aliphatic heterocycles. The van der Waals surface area contributed by atoms with Gasteiger partial charge in [-0.1, -0.05) is 19.3 Å². The van der Waals surface area contributed by atoms with Crippen molar-refractivity contribution in [2.75, 3.05) is 5.32 Å². The minimum absolute atomic E-state index is 0.0822. The quantitative estimate of drug-likeness (QED) is 0.254. The number of carbonyl (C=O) groups is 1. The Balaban J connectivity index is 1.23. The molecule has 0 atom stereocenters. The van der Waals surface area contributed by atoms with Crippen molar-refractivity contribution in [1.29, 1.82) is 0 Å². The van der Waals surface area contributed by atoms with Gasteiger partial charge in [0.2, 0.25) is 5.91 Å². The van der Waals surface area contributed by atoms with Crippen LogP contribution in [-0.2, 0) is 4.79 Å². The van der Waals surface area contributed by atoms with Crippen LogP contribution in [0.15, 0.2) is 73.7 Å². The monoisotopic (exact) mass is 514 g/mol. The molecule has 6 aromatic rings. The number of nitrogens with one attached hydrogen (secondary N) is 3. The first-order chi connectivity index (χ1) is 19.2. The summed E-state index contributed by atoms with van der Waals surface area (Å²) in [6, 6.07) is 10.1. The van der Waals surface area contributed by atoms with Gasteiger partial charge in [-0.3, -0.25) is 24.8 Å².